The van der Waals surface area contributed by atoms with Gasteiger partial charge in [0.2, 0.25) is 0 Å². The Labute approximate surface area is 283 Å². The molecule has 0 aliphatic carbocycles. The molecule has 0 bridgehead atoms. The van der Waals surface area contributed by atoms with E-state index in [1.165, 1.54) is 11.1 Å². The van der Waals surface area contributed by atoms with Gasteiger partial charge in [-0.15, -0.1) is 0 Å². The third-order valence-electron chi connectivity index (χ3n) is 8.78. The summed E-state index contributed by atoms with van der Waals surface area (Å²) in [6, 6.07) is 23.8. The van der Waals surface area contributed by atoms with Crippen LogP contribution < -0.4 is 15.8 Å². The van der Waals surface area contributed by atoms with E-state index in [1.807, 2.05) is 36.4 Å². The molecule has 0 aromatic heterocycles. The molecule has 6 N–H and O–H groups in total. The summed E-state index contributed by atoms with van der Waals surface area (Å²) in [4.78, 5) is 19.1. The van der Waals surface area contributed by atoms with Crippen molar-refractivity contribution in [2.75, 3.05) is 19.8 Å². The molecule has 0 amide bonds. The monoisotopic (exact) mass is 652 g/mol. The number of phenolic OH excluding ortho intramolecular Hbond substituents is 1. The Morgan fingerprint density at radius 2 is 1.81 bits per heavy atom. The molecule has 9 heteroatoms. The molecule has 2 heterocycles. The largest absolute Gasteiger partial charge is 0.504 e. The molecule has 0 saturated carbocycles. The Bertz CT molecular complexity index is 1620. The number of rotatable bonds is 19. The number of aliphatic hydroxyl groups is 2. The lowest BCUT2D eigenvalue weighted by Crippen LogP contribution is -2.30. The number of aromatic hydroxyl groups is 1. The molecule has 0 spiro atoms. The minimum Gasteiger partial charge on any atom is -0.504 e. The van der Waals surface area contributed by atoms with Crippen LogP contribution in [0.1, 0.15) is 67.4 Å². The first-order chi connectivity index (χ1) is 23.3. The maximum atomic E-state index is 12.4. The zero-order valence-corrected chi connectivity index (χ0v) is 27.7. The number of carbonyl (C=O) groups is 1. The lowest BCUT2D eigenvalue weighted by Gasteiger charge is -2.18. The molecule has 5 rings (SSSR count). The van der Waals surface area contributed by atoms with E-state index in [2.05, 4.69) is 52.8 Å². The van der Waals surface area contributed by atoms with Crippen LogP contribution in [0.4, 0.5) is 0 Å². The van der Waals surface area contributed by atoms with Crippen molar-refractivity contribution in [2.24, 2.45) is 10.7 Å². The highest BCUT2D eigenvalue weighted by molar-refractivity contribution is 5.87. The molecule has 48 heavy (non-hydrogen) atoms. The van der Waals surface area contributed by atoms with Gasteiger partial charge >= 0.3 is 0 Å². The number of ether oxygens (including phenoxy) is 1. The molecular weight excluding hydrogens is 604 g/mol. The first kappa shape index (κ1) is 35.0. The number of fused-ring (bicyclic) bond motifs is 1. The van der Waals surface area contributed by atoms with Crippen LogP contribution in [-0.4, -0.2) is 64.2 Å². The molecule has 3 atom stereocenters. The van der Waals surface area contributed by atoms with Crippen molar-refractivity contribution in [1.29, 1.82) is 0 Å². The molecule has 3 aromatic rings. The van der Waals surface area contributed by atoms with Crippen LogP contribution in [0.25, 0.3) is 0 Å². The van der Waals surface area contributed by atoms with Crippen molar-refractivity contribution in [1.82, 2.24) is 10.2 Å². The van der Waals surface area contributed by atoms with Crippen molar-refractivity contribution < 1.29 is 24.9 Å². The molecule has 254 valence electrons. The number of nitrogens with two attached hydrogens (primary N) is 1. The van der Waals surface area contributed by atoms with Crippen molar-refractivity contribution in [2.45, 2.75) is 76.7 Å². The van der Waals surface area contributed by atoms with Crippen LogP contribution in [0.3, 0.4) is 0 Å². The molecule has 3 aromatic carbocycles. The van der Waals surface area contributed by atoms with Gasteiger partial charge in [0, 0.05) is 43.9 Å². The van der Waals surface area contributed by atoms with Crippen LogP contribution >= 0.6 is 0 Å². The van der Waals surface area contributed by atoms with Crippen LogP contribution in [0, 0.1) is 0 Å². The number of allylic oxidation sites excluding steroid dienone is 1. The minimum absolute atomic E-state index is 0.0253. The highest BCUT2D eigenvalue weighted by Gasteiger charge is 2.25. The topological polar surface area (TPSA) is 141 Å². The van der Waals surface area contributed by atoms with E-state index in [-0.39, 0.29) is 43.7 Å². The van der Waals surface area contributed by atoms with E-state index in [4.69, 9.17) is 10.5 Å². The molecule has 9 nitrogen and oxygen atoms in total. The molecule has 0 saturated heterocycles. The first-order valence-corrected chi connectivity index (χ1v) is 16.9. The fourth-order valence-electron chi connectivity index (χ4n) is 6.15. The highest BCUT2D eigenvalue weighted by Crippen LogP contribution is 2.32. The average molecular weight is 653 g/mol. The van der Waals surface area contributed by atoms with Gasteiger partial charge in [0.15, 0.2) is 18.2 Å². The molecular formula is C39H48N4O5. The van der Waals surface area contributed by atoms with Gasteiger partial charge in [-0.2, -0.15) is 0 Å². The molecule has 2 aliphatic heterocycles. The fourth-order valence-corrected chi connectivity index (χ4v) is 6.15. The van der Waals surface area contributed by atoms with Crippen LogP contribution in [0.15, 0.2) is 101 Å². The van der Waals surface area contributed by atoms with Gasteiger partial charge in [-0.3, -0.25) is 15.1 Å². The van der Waals surface area contributed by atoms with Gasteiger partial charge in [0.25, 0.3) is 0 Å². The number of aliphatic hydroxyl groups excluding tert-OH is 2. The Hall–Kier alpha value is -4.28. The van der Waals surface area contributed by atoms with E-state index in [0.29, 0.717) is 25.1 Å². The fraction of sp³-hybridized carbons (Fsp3) is 0.385. The average Bonchev–Trinajstić information content (AvgIpc) is 3.65. The lowest BCUT2D eigenvalue weighted by molar-refractivity contribution is -0.121. The van der Waals surface area contributed by atoms with Crippen LogP contribution in [0.5, 0.6) is 11.5 Å². The number of aryl methyl sites for hydroxylation is 1. The van der Waals surface area contributed by atoms with Crippen molar-refractivity contribution in [3.63, 3.8) is 0 Å². The number of benzene rings is 3. The summed E-state index contributed by atoms with van der Waals surface area (Å²) in [5.74, 6) is 0.316. The highest BCUT2D eigenvalue weighted by atomic mass is 16.5. The van der Waals surface area contributed by atoms with Crippen LogP contribution in [-0.2, 0) is 24.1 Å². The third kappa shape index (κ3) is 10.1. The number of Topliss-reactive ketones (excluding diaryl/α,β-unsaturated/α-hetero) is 1. The van der Waals surface area contributed by atoms with E-state index >= 15 is 0 Å². The lowest BCUT2D eigenvalue weighted by atomic mass is 9.99. The zero-order chi connectivity index (χ0) is 33.9. The number of nitrogens with zero attached hydrogens (tertiary/aromatic N) is 2. The van der Waals surface area contributed by atoms with Crippen molar-refractivity contribution in [3.05, 3.63) is 118 Å². The molecule has 0 fully saturated rings. The smallest absolute Gasteiger partial charge is 0.163 e. The normalized spacial score (nSPS) is 15.8. The van der Waals surface area contributed by atoms with Crippen molar-refractivity contribution >= 4 is 12.0 Å². The second kappa shape index (κ2) is 17.2. The predicted octanol–water partition coefficient (Wildman–Crippen LogP) is 5.10. The van der Waals surface area contributed by atoms with Gasteiger partial charge in [0.1, 0.15) is 5.78 Å². The number of hydrogen-bond acceptors (Lipinski definition) is 9. The molecule has 2 aliphatic rings. The number of aliphatic imine (C=N–C) groups is 1. The summed E-state index contributed by atoms with van der Waals surface area (Å²) in [6.45, 7) is 3.65. The summed E-state index contributed by atoms with van der Waals surface area (Å²) in [6.07, 6.45) is 6.30. The summed E-state index contributed by atoms with van der Waals surface area (Å²) in [5, 5.41) is 33.9. The maximum Gasteiger partial charge on any atom is 0.163 e. The number of nitrogens with one attached hydrogen (secondary N) is 1. The molecule has 0 radical (unpaired) electrons. The summed E-state index contributed by atoms with van der Waals surface area (Å²) in [7, 11) is 0. The van der Waals surface area contributed by atoms with Gasteiger partial charge in [-0.05, 0) is 72.1 Å². The van der Waals surface area contributed by atoms with Gasteiger partial charge in [-0.25, -0.2) is 0 Å². The van der Waals surface area contributed by atoms with Gasteiger partial charge in [0.05, 0.1) is 24.1 Å². The first-order valence-electron chi connectivity index (χ1n) is 16.9. The quantitative estimate of drug-likeness (QED) is 0.113. The van der Waals surface area contributed by atoms with Gasteiger partial charge in [-0.1, -0.05) is 74.0 Å². The summed E-state index contributed by atoms with van der Waals surface area (Å²) >= 11 is 0. The standard InChI is InChI=1S/C39H48N4O5/c1-2-7-32(44)21-34(46)22-33(45)14-12-28-13-15-37(47)38(20-28)48-26-43-24-35-31(23-42-36(35)25-43)19-29-10-6-11-30(18-29)39(40)41-17-16-27-8-4-3-5-9-27/h3-6,8-11,13,15,18,20,23,25,32,34,39,41,44,46-47H,2,7,12,14,16-17,19,21-22,24,26,40H2,1H3/t32-,34+,39+/m0/s1. The third-order valence-corrected chi connectivity index (χ3v) is 8.78. The maximum absolute atomic E-state index is 12.4. The zero-order valence-electron chi connectivity index (χ0n) is 27.7. The van der Waals surface area contributed by atoms with Gasteiger partial charge < -0.3 is 30.7 Å². The second-order valence-electron chi connectivity index (χ2n) is 12.8. The Kier molecular flexibility index (Phi) is 12.6. The number of hydrogen-bond donors (Lipinski definition) is 5. The summed E-state index contributed by atoms with van der Waals surface area (Å²) < 4.78 is 6.00. The predicted molar refractivity (Wildman–Crippen MR) is 189 cm³/mol. The number of carbonyl (C=O) groups excluding carboxylic acids is 1. The SMILES string of the molecule is CCC[C@H](O)C[C@@H](O)CC(=O)CCc1ccc(O)c(OCN2C=C3N=CC(Cc4cccc([C@H](N)NCCc5ccccc5)c4)=C3C2)c1. The van der Waals surface area contributed by atoms with E-state index in [1.54, 1.807) is 18.2 Å². The summed E-state index contributed by atoms with van der Waals surface area (Å²) in [5.41, 5.74) is 14.1. The number of phenols is 1. The van der Waals surface area contributed by atoms with E-state index in [0.717, 1.165) is 53.8 Å². The van der Waals surface area contributed by atoms with Crippen molar-refractivity contribution in [3.8, 4) is 11.5 Å². The van der Waals surface area contributed by atoms with Crippen LogP contribution in [0.2, 0.25) is 0 Å². The Balaban J connectivity index is 1.10. The van der Waals surface area contributed by atoms with E-state index in [9.17, 15) is 20.1 Å². The second-order valence-corrected chi connectivity index (χ2v) is 12.8. The van der Waals surface area contributed by atoms with E-state index < -0.39 is 12.2 Å². The Morgan fingerprint density at radius 1 is 1.00 bits per heavy atom. The number of ketones is 1. The minimum atomic E-state index is -0.840. The Morgan fingerprint density at radius 3 is 2.62 bits per heavy atom. The molecule has 0 unspecified atom stereocenters.